The van der Waals surface area contributed by atoms with Crippen LogP contribution >= 0.6 is 11.6 Å². The molecule has 1 fully saturated rings. The minimum absolute atomic E-state index is 0.180. The molecule has 6 nitrogen and oxygen atoms in total. The maximum atomic E-state index is 12.2. The van der Waals surface area contributed by atoms with Crippen molar-refractivity contribution in [2.24, 2.45) is 11.8 Å². The Morgan fingerprint density at radius 2 is 2.32 bits per heavy atom. The van der Waals surface area contributed by atoms with Crippen LogP contribution in [0.1, 0.15) is 23.3 Å². The summed E-state index contributed by atoms with van der Waals surface area (Å²) in [6.07, 6.45) is 1.26. The summed E-state index contributed by atoms with van der Waals surface area (Å²) in [7, 11) is 1.70. The summed E-state index contributed by atoms with van der Waals surface area (Å²) < 4.78 is 0. The quantitative estimate of drug-likeness (QED) is 0.563. The molecule has 0 spiro atoms. The number of rotatable bonds is 4. The number of nitrogens with one attached hydrogen (secondary N) is 1. The predicted molar refractivity (Wildman–Crippen MR) is 72.7 cm³/mol. The van der Waals surface area contributed by atoms with E-state index in [2.05, 4.69) is 10.4 Å². The lowest BCUT2D eigenvalue weighted by atomic mass is 9.82. The topological polar surface area (TPSA) is 91.5 Å². The Bertz CT molecular complexity index is 477. The van der Waals surface area contributed by atoms with Gasteiger partial charge < -0.3 is 15.4 Å². The number of anilines is 1. The van der Waals surface area contributed by atoms with Gasteiger partial charge >= 0.3 is 0 Å². The molecule has 0 saturated heterocycles. The highest BCUT2D eigenvalue weighted by Crippen LogP contribution is 2.28. The van der Waals surface area contributed by atoms with Crippen LogP contribution in [0.25, 0.3) is 0 Å². The van der Waals surface area contributed by atoms with Gasteiger partial charge in [0.25, 0.3) is 5.91 Å². The molecule has 0 unspecified atom stereocenters. The number of hydrazine groups is 1. The highest BCUT2D eigenvalue weighted by Gasteiger charge is 2.30. The fraction of sp³-hybridized carbons (Fsp3) is 0.500. The standard InChI is InChI=1S/C12H17ClN4O2/c1-17(6-7-4-8(18)5-7)12(19)11-9(13)2-3-10(15-11)16-14/h2-3,7-8,18H,4-6,14H2,1H3,(H,15,16). The normalized spacial score (nSPS) is 21.7. The van der Waals surface area contributed by atoms with E-state index in [0.29, 0.717) is 23.3 Å². The van der Waals surface area contributed by atoms with E-state index in [9.17, 15) is 9.90 Å². The average Bonchev–Trinajstić information content (AvgIpc) is 2.36. The zero-order chi connectivity index (χ0) is 14.0. The van der Waals surface area contributed by atoms with Gasteiger partial charge in [0, 0.05) is 13.6 Å². The molecule has 0 radical (unpaired) electrons. The summed E-state index contributed by atoms with van der Waals surface area (Å²) in [6, 6.07) is 3.18. The van der Waals surface area contributed by atoms with Gasteiger partial charge in [0.05, 0.1) is 11.1 Å². The van der Waals surface area contributed by atoms with Gasteiger partial charge in [-0.1, -0.05) is 11.6 Å². The number of carbonyl (C=O) groups excluding carboxylic acids is 1. The number of pyridine rings is 1. The van der Waals surface area contributed by atoms with Gasteiger partial charge in [0.15, 0.2) is 0 Å². The van der Waals surface area contributed by atoms with E-state index < -0.39 is 0 Å². The van der Waals surface area contributed by atoms with E-state index in [-0.39, 0.29) is 17.7 Å². The van der Waals surface area contributed by atoms with Crippen LogP contribution in [0.5, 0.6) is 0 Å². The van der Waals surface area contributed by atoms with Crippen molar-refractivity contribution in [3.05, 3.63) is 22.8 Å². The van der Waals surface area contributed by atoms with E-state index in [1.807, 2.05) is 0 Å². The van der Waals surface area contributed by atoms with Crippen LogP contribution in [0.15, 0.2) is 12.1 Å². The van der Waals surface area contributed by atoms with Crippen LogP contribution < -0.4 is 11.3 Å². The Morgan fingerprint density at radius 1 is 1.63 bits per heavy atom. The molecule has 1 aliphatic rings. The average molecular weight is 285 g/mol. The van der Waals surface area contributed by atoms with Crippen molar-refractivity contribution in [3.63, 3.8) is 0 Å². The molecule has 0 aromatic carbocycles. The van der Waals surface area contributed by atoms with Crippen LogP contribution in [0.4, 0.5) is 5.82 Å². The Morgan fingerprint density at radius 3 is 2.89 bits per heavy atom. The third kappa shape index (κ3) is 3.15. The van der Waals surface area contributed by atoms with Crippen molar-refractivity contribution in [2.75, 3.05) is 19.0 Å². The van der Waals surface area contributed by atoms with Crippen molar-refractivity contribution in [2.45, 2.75) is 18.9 Å². The zero-order valence-electron chi connectivity index (χ0n) is 10.6. The second kappa shape index (κ2) is 5.73. The fourth-order valence-corrected chi connectivity index (χ4v) is 2.36. The van der Waals surface area contributed by atoms with Crippen LogP contribution in [-0.4, -0.2) is 40.6 Å². The molecule has 1 aromatic heterocycles. The van der Waals surface area contributed by atoms with E-state index in [1.54, 1.807) is 24.1 Å². The second-order valence-electron chi connectivity index (χ2n) is 4.85. The number of hydrogen-bond donors (Lipinski definition) is 3. The lowest BCUT2D eigenvalue weighted by Gasteiger charge is -2.34. The van der Waals surface area contributed by atoms with E-state index in [1.165, 1.54) is 0 Å². The first-order valence-electron chi connectivity index (χ1n) is 6.08. The summed E-state index contributed by atoms with van der Waals surface area (Å²) in [5, 5.41) is 9.54. The lowest BCUT2D eigenvalue weighted by molar-refractivity contribution is 0.0264. The molecule has 4 N–H and O–H groups in total. The molecule has 2 rings (SSSR count). The van der Waals surface area contributed by atoms with Crippen LogP contribution in [0.2, 0.25) is 5.02 Å². The van der Waals surface area contributed by atoms with Gasteiger partial charge in [0.1, 0.15) is 11.5 Å². The Balaban J connectivity index is 2.05. The van der Waals surface area contributed by atoms with Gasteiger partial charge in [-0.2, -0.15) is 0 Å². The lowest BCUT2D eigenvalue weighted by Crippen LogP contribution is -2.39. The number of halogens is 1. The molecule has 104 valence electrons. The maximum absolute atomic E-state index is 12.2. The molecule has 19 heavy (non-hydrogen) atoms. The third-order valence-corrected chi connectivity index (χ3v) is 3.59. The van der Waals surface area contributed by atoms with Gasteiger partial charge in [-0.25, -0.2) is 10.8 Å². The third-order valence-electron chi connectivity index (χ3n) is 3.29. The fourth-order valence-electron chi connectivity index (χ4n) is 2.17. The molecule has 1 heterocycles. The van der Waals surface area contributed by atoms with Crippen molar-refractivity contribution in [3.8, 4) is 0 Å². The molecule has 0 aliphatic heterocycles. The van der Waals surface area contributed by atoms with Crippen molar-refractivity contribution in [1.82, 2.24) is 9.88 Å². The number of aliphatic hydroxyl groups is 1. The Hall–Kier alpha value is -1.37. The molecular formula is C12H17ClN4O2. The number of carbonyl (C=O) groups is 1. The van der Waals surface area contributed by atoms with Crippen LogP contribution in [0, 0.1) is 5.92 Å². The minimum atomic E-state index is -0.247. The van der Waals surface area contributed by atoms with Gasteiger partial charge in [-0.15, -0.1) is 0 Å². The van der Waals surface area contributed by atoms with Crippen LogP contribution in [0.3, 0.4) is 0 Å². The van der Waals surface area contributed by atoms with Crippen molar-refractivity contribution >= 4 is 23.3 Å². The maximum Gasteiger partial charge on any atom is 0.273 e. The van der Waals surface area contributed by atoms with Gasteiger partial charge in [-0.05, 0) is 30.9 Å². The highest BCUT2D eigenvalue weighted by molar-refractivity contribution is 6.33. The molecule has 1 saturated carbocycles. The Labute approximate surface area is 116 Å². The molecule has 0 bridgehead atoms. The zero-order valence-corrected chi connectivity index (χ0v) is 11.4. The summed E-state index contributed by atoms with van der Waals surface area (Å²) in [5.41, 5.74) is 2.56. The monoisotopic (exact) mass is 284 g/mol. The summed E-state index contributed by atoms with van der Waals surface area (Å²) in [4.78, 5) is 17.9. The van der Waals surface area contributed by atoms with Crippen LogP contribution in [-0.2, 0) is 0 Å². The summed E-state index contributed by atoms with van der Waals surface area (Å²) in [5.74, 6) is 5.75. The first kappa shape index (κ1) is 14.0. The van der Waals surface area contributed by atoms with E-state index in [4.69, 9.17) is 17.4 Å². The van der Waals surface area contributed by atoms with Gasteiger partial charge in [0.2, 0.25) is 0 Å². The molecule has 7 heteroatoms. The second-order valence-corrected chi connectivity index (χ2v) is 5.26. The highest BCUT2D eigenvalue weighted by atomic mass is 35.5. The summed E-state index contributed by atoms with van der Waals surface area (Å²) in [6.45, 7) is 0.591. The molecule has 1 aliphatic carbocycles. The number of nitrogens with two attached hydrogens (primary N) is 1. The SMILES string of the molecule is CN(CC1CC(O)C1)C(=O)c1nc(NN)ccc1Cl. The number of aromatic nitrogens is 1. The number of nitrogen functional groups attached to an aromatic ring is 1. The number of nitrogens with zero attached hydrogens (tertiary/aromatic N) is 2. The first-order valence-corrected chi connectivity index (χ1v) is 6.45. The van der Waals surface area contributed by atoms with E-state index >= 15 is 0 Å². The number of aliphatic hydroxyl groups excluding tert-OH is 1. The number of hydrogen-bond acceptors (Lipinski definition) is 5. The predicted octanol–water partition coefficient (Wildman–Crippen LogP) is 0.864. The largest absolute Gasteiger partial charge is 0.393 e. The number of amides is 1. The van der Waals surface area contributed by atoms with Gasteiger partial charge in [-0.3, -0.25) is 4.79 Å². The molecular weight excluding hydrogens is 268 g/mol. The van der Waals surface area contributed by atoms with Crippen molar-refractivity contribution < 1.29 is 9.90 Å². The smallest absolute Gasteiger partial charge is 0.273 e. The molecule has 0 atom stereocenters. The van der Waals surface area contributed by atoms with E-state index in [0.717, 1.165) is 12.8 Å². The summed E-state index contributed by atoms with van der Waals surface area (Å²) >= 11 is 5.98. The van der Waals surface area contributed by atoms with Crippen molar-refractivity contribution in [1.29, 1.82) is 0 Å². The minimum Gasteiger partial charge on any atom is -0.393 e. The Kier molecular flexibility index (Phi) is 4.24. The molecule has 1 aromatic rings. The first-order chi connectivity index (χ1) is 9.01. The molecule has 1 amide bonds.